The second-order valence-electron chi connectivity index (χ2n) is 4.56. The Balaban J connectivity index is 2.76. The molecular weight excluding hydrogens is 239 g/mol. The van der Waals surface area contributed by atoms with Gasteiger partial charge in [0.25, 0.3) is 5.69 Å². The standard InChI is InChI=1S/C12H17FN2O3/c1-3-4-12(2,16)8-14-10-5-9(13)6-11(7-10)15(17)18/h5-7,14,16H,3-4,8H2,1-2H3. The molecule has 6 heteroatoms. The number of non-ortho nitro benzene ring substituents is 1. The van der Waals surface area contributed by atoms with E-state index in [4.69, 9.17) is 0 Å². The van der Waals surface area contributed by atoms with Crippen LogP contribution in [0.25, 0.3) is 0 Å². The minimum atomic E-state index is -0.921. The van der Waals surface area contributed by atoms with Gasteiger partial charge >= 0.3 is 0 Å². The average Bonchev–Trinajstić information content (AvgIpc) is 2.26. The first-order valence-corrected chi connectivity index (χ1v) is 5.75. The van der Waals surface area contributed by atoms with Gasteiger partial charge in [0, 0.05) is 18.3 Å². The molecule has 1 unspecified atom stereocenters. The predicted molar refractivity (Wildman–Crippen MR) is 67.1 cm³/mol. The zero-order valence-electron chi connectivity index (χ0n) is 10.4. The maximum absolute atomic E-state index is 13.1. The molecule has 0 aliphatic heterocycles. The first kappa shape index (κ1) is 14.4. The normalized spacial score (nSPS) is 14.0. The summed E-state index contributed by atoms with van der Waals surface area (Å²) in [6, 6.07) is 3.26. The smallest absolute Gasteiger partial charge is 0.274 e. The van der Waals surface area contributed by atoms with E-state index in [2.05, 4.69) is 5.32 Å². The van der Waals surface area contributed by atoms with E-state index in [9.17, 15) is 19.6 Å². The van der Waals surface area contributed by atoms with Gasteiger partial charge in [-0.3, -0.25) is 10.1 Å². The Morgan fingerprint density at radius 2 is 2.17 bits per heavy atom. The van der Waals surface area contributed by atoms with E-state index >= 15 is 0 Å². The number of aliphatic hydroxyl groups is 1. The monoisotopic (exact) mass is 256 g/mol. The van der Waals surface area contributed by atoms with Gasteiger partial charge in [0.1, 0.15) is 5.82 Å². The summed E-state index contributed by atoms with van der Waals surface area (Å²) >= 11 is 0. The van der Waals surface area contributed by atoms with Crippen molar-refractivity contribution in [2.75, 3.05) is 11.9 Å². The summed E-state index contributed by atoms with van der Waals surface area (Å²) in [6.45, 7) is 3.82. The van der Waals surface area contributed by atoms with Crippen LogP contribution in [-0.2, 0) is 0 Å². The van der Waals surface area contributed by atoms with Crippen LogP contribution in [-0.4, -0.2) is 22.2 Å². The summed E-state index contributed by atoms with van der Waals surface area (Å²) in [5.74, 6) is -0.679. The number of rotatable bonds is 6. The first-order valence-electron chi connectivity index (χ1n) is 5.75. The van der Waals surface area contributed by atoms with Crippen molar-refractivity contribution >= 4 is 11.4 Å². The van der Waals surface area contributed by atoms with Crippen molar-refractivity contribution in [2.45, 2.75) is 32.3 Å². The fourth-order valence-corrected chi connectivity index (χ4v) is 1.70. The number of nitro groups is 1. The Kier molecular flexibility index (Phi) is 4.61. The molecule has 0 saturated heterocycles. The van der Waals surface area contributed by atoms with E-state index in [1.54, 1.807) is 6.92 Å². The van der Waals surface area contributed by atoms with Crippen molar-refractivity contribution in [3.8, 4) is 0 Å². The summed E-state index contributed by atoms with van der Waals surface area (Å²) in [7, 11) is 0. The number of nitro benzene ring substituents is 1. The molecule has 0 radical (unpaired) electrons. The molecule has 0 aliphatic rings. The molecule has 0 amide bonds. The molecule has 1 aromatic carbocycles. The van der Waals surface area contributed by atoms with Crippen LogP contribution < -0.4 is 5.32 Å². The Bertz CT molecular complexity index is 435. The van der Waals surface area contributed by atoms with Gasteiger partial charge in [-0.1, -0.05) is 13.3 Å². The van der Waals surface area contributed by atoms with E-state index in [0.717, 1.165) is 18.6 Å². The molecule has 18 heavy (non-hydrogen) atoms. The van der Waals surface area contributed by atoms with Gasteiger partial charge in [0.2, 0.25) is 0 Å². The predicted octanol–water partition coefficient (Wildman–Crippen LogP) is 2.70. The highest BCUT2D eigenvalue weighted by molar-refractivity contribution is 5.51. The topological polar surface area (TPSA) is 75.4 Å². The summed E-state index contributed by atoms with van der Waals surface area (Å²) in [4.78, 5) is 9.92. The SMILES string of the molecule is CCCC(C)(O)CNc1cc(F)cc([N+](=O)[O-])c1. The Morgan fingerprint density at radius 3 is 2.72 bits per heavy atom. The molecule has 2 N–H and O–H groups in total. The quantitative estimate of drug-likeness (QED) is 0.606. The lowest BCUT2D eigenvalue weighted by atomic mass is 10.0. The van der Waals surface area contributed by atoms with Crippen LogP contribution in [0.4, 0.5) is 15.8 Å². The molecule has 100 valence electrons. The minimum Gasteiger partial charge on any atom is -0.388 e. The third-order valence-corrected chi connectivity index (χ3v) is 2.56. The lowest BCUT2D eigenvalue weighted by Crippen LogP contribution is -2.33. The van der Waals surface area contributed by atoms with Crippen molar-refractivity contribution in [2.24, 2.45) is 0 Å². The van der Waals surface area contributed by atoms with Crippen molar-refractivity contribution < 1.29 is 14.4 Å². The number of halogens is 1. The van der Waals surface area contributed by atoms with Gasteiger partial charge in [0.05, 0.1) is 16.6 Å². The maximum Gasteiger partial charge on any atom is 0.274 e. The Morgan fingerprint density at radius 1 is 1.50 bits per heavy atom. The second kappa shape index (κ2) is 5.77. The number of hydrogen-bond donors (Lipinski definition) is 2. The van der Waals surface area contributed by atoms with Crippen LogP contribution in [0.5, 0.6) is 0 Å². The molecule has 0 aromatic heterocycles. The first-order chi connectivity index (χ1) is 8.34. The van der Waals surface area contributed by atoms with E-state index < -0.39 is 16.3 Å². The van der Waals surface area contributed by atoms with Crippen LogP contribution in [0, 0.1) is 15.9 Å². The maximum atomic E-state index is 13.1. The highest BCUT2D eigenvalue weighted by Crippen LogP contribution is 2.21. The van der Waals surface area contributed by atoms with E-state index in [-0.39, 0.29) is 17.9 Å². The number of nitrogens with zero attached hydrogens (tertiary/aromatic N) is 1. The highest BCUT2D eigenvalue weighted by Gasteiger charge is 2.19. The Labute approximate surface area is 105 Å². The van der Waals surface area contributed by atoms with Crippen molar-refractivity contribution in [1.82, 2.24) is 0 Å². The number of anilines is 1. The molecule has 0 spiro atoms. The lowest BCUT2D eigenvalue weighted by Gasteiger charge is -2.23. The van der Waals surface area contributed by atoms with Gasteiger partial charge in [-0.15, -0.1) is 0 Å². The molecule has 5 nitrogen and oxygen atoms in total. The molecule has 0 aliphatic carbocycles. The van der Waals surface area contributed by atoms with Gasteiger partial charge in [-0.25, -0.2) is 4.39 Å². The highest BCUT2D eigenvalue weighted by atomic mass is 19.1. The summed E-state index contributed by atoms with van der Waals surface area (Å²) in [5.41, 5.74) is -0.943. The molecule has 0 fully saturated rings. The molecule has 0 bridgehead atoms. The van der Waals surface area contributed by atoms with Gasteiger partial charge in [-0.05, 0) is 19.4 Å². The Hall–Kier alpha value is -1.69. The zero-order chi connectivity index (χ0) is 13.8. The van der Waals surface area contributed by atoms with E-state index in [0.29, 0.717) is 6.42 Å². The van der Waals surface area contributed by atoms with Crippen molar-refractivity contribution in [1.29, 1.82) is 0 Å². The number of nitrogens with one attached hydrogen (secondary N) is 1. The molecule has 1 atom stereocenters. The lowest BCUT2D eigenvalue weighted by molar-refractivity contribution is -0.385. The van der Waals surface area contributed by atoms with Crippen LogP contribution in [0.2, 0.25) is 0 Å². The molecule has 1 aromatic rings. The fourth-order valence-electron chi connectivity index (χ4n) is 1.70. The van der Waals surface area contributed by atoms with Crippen LogP contribution in [0.1, 0.15) is 26.7 Å². The fraction of sp³-hybridized carbons (Fsp3) is 0.500. The molecule has 1 rings (SSSR count). The minimum absolute atomic E-state index is 0.210. The molecule has 0 heterocycles. The van der Waals surface area contributed by atoms with Crippen LogP contribution in [0.3, 0.4) is 0 Å². The van der Waals surface area contributed by atoms with Gasteiger partial charge in [0.15, 0.2) is 0 Å². The zero-order valence-corrected chi connectivity index (χ0v) is 10.4. The third-order valence-electron chi connectivity index (χ3n) is 2.56. The molecular formula is C12H17FN2O3. The van der Waals surface area contributed by atoms with E-state index in [1.807, 2.05) is 6.92 Å². The number of benzene rings is 1. The number of hydrogen-bond acceptors (Lipinski definition) is 4. The van der Waals surface area contributed by atoms with Gasteiger partial charge in [-0.2, -0.15) is 0 Å². The van der Waals surface area contributed by atoms with E-state index in [1.165, 1.54) is 6.07 Å². The second-order valence-corrected chi connectivity index (χ2v) is 4.56. The summed E-state index contributed by atoms with van der Waals surface area (Å²) in [6.07, 6.45) is 1.41. The van der Waals surface area contributed by atoms with Crippen molar-refractivity contribution in [3.05, 3.63) is 34.1 Å². The summed E-state index contributed by atoms with van der Waals surface area (Å²) in [5, 5.41) is 23.3. The third kappa shape index (κ3) is 4.29. The van der Waals surface area contributed by atoms with Crippen molar-refractivity contribution in [3.63, 3.8) is 0 Å². The van der Waals surface area contributed by atoms with Gasteiger partial charge < -0.3 is 10.4 Å². The largest absolute Gasteiger partial charge is 0.388 e. The average molecular weight is 256 g/mol. The van der Waals surface area contributed by atoms with Crippen LogP contribution in [0.15, 0.2) is 18.2 Å². The van der Waals surface area contributed by atoms with Crippen LogP contribution >= 0.6 is 0 Å². The summed E-state index contributed by atoms with van der Waals surface area (Å²) < 4.78 is 13.1. The molecule has 0 saturated carbocycles.